The predicted molar refractivity (Wildman–Crippen MR) is 113 cm³/mol. The predicted octanol–water partition coefficient (Wildman–Crippen LogP) is 1.99. The minimum atomic E-state index is -1.13. The van der Waals surface area contributed by atoms with E-state index in [1.807, 2.05) is 18.2 Å². The molecule has 1 aromatic carbocycles. The van der Waals surface area contributed by atoms with Crippen LogP contribution in [0.3, 0.4) is 0 Å². The summed E-state index contributed by atoms with van der Waals surface area (Å²) in [6, 6.07) is 11.2. The number of esters is 1. The van der Waals surface area contributed by atoms with Gasteiger partial charge in [-0.05, 0) is 23.3 Å². The first-order valence-corrected chi connectivity index (χ1v) is 10.1. The van der Waals surface area contributed by atoms with E-state index < -0.39 is 24.0 Å². The van der Waals surface area contributed by atoms with Gasteiger partial charge in [-0.2, -0.15) is 0 Å². The fraction of sp³-hybridized carbons (Fsp3) is 0.238. The third-order valence-corrected chi connectivity index (χ3v) is 5.54. The maximum atomic E-state index is 12.5. The van der Waals surface area contributed by atoms with Gasteiger partial charge in [-0.3, -0.25) is 9.78 Å². The van der Waals surface area contributed by atoms with Gasteiger partial charge in [0.15, 0.2) is 0 Å². The largest absolute Gasteiger partial charge is 0.467 e. The molecule has 162 valence electrons. The Morgan fingerprint density at radius 3 is 2.68 bits per heavy atom. The molecule has 0 aliphatic heterocycles. The fourth-order valence-corrected chi connectivity index (χ4v) is 3.79. The second kappa shape index (κ2) is 10.5. The zero-order valence-corrected chi connectivity index (χ0v) is 17.5. The van der Waals surface area contributed by atoms with E-state index in [0.717, 1.165) is 5.56 Å². The number of methoxy groups -OCH3 is 1. The molecule has 10 heteroatoms. The summed E-state index contributed by atoms with van der Waals surface area (Å²) in [7, 11) is 1.18. The van der Waals surface area contributed by atoms with Crippen LogP contribution in [0, 0.1) is 0 Å². The van der Waals surface area contributed by atoms with Crippen LogP contribution in [-0.2, 0) is 27.5 Å². The Hall–Kier alpha value is -3.50. The molecular formula is C21H21N3O6S. The van der Waals surface area contributed by atoms with Gasteiger partial charge in [-0.15, -0.1) is 11.3 Å². The van der Waals surface area contributed by atoms with Gasteiger partial charge in [0.2, 0.25) is 0 Å². The lowest BCUT2D eigenvalue weighted by atomic mass is 10.2. The molecule has 0 spiro atoms. The summed E-state index contributed by atoms with van der Waals surface area (Å²) in [6.07, 6.45) is 0.743. The van der Waals surface area contributed by atoms with E-state index in [0.29, 0.717) is 20.7 Å². The van der Waals surface area contributed by atoms with Gasteiger partial charge < -0.3 is 25.2 Å². The second-order valence-corrected chi connectivity index (χ2v) is 7.50. The SMILES string of the molecule is COC(=O)[C@@H](CNC(=O)c1cc2nccc(CO)c2s1)NC(=O)OCc1ccccc1. The molecule has 0 fully saturated rings. The highest BCUT2D eigenvalue weighted by Gasteiger charge is 2.24. The Morgan fingerprint density at radius 2 is 1.97 bits per heavy atom. The highest BCUT2D eigenvalue weighted by molar-refractivity contribution is 7.21. The van der Waals surface area contributed by atoms with E-state index in [1.165, 1.54) is 18.4 Å². The van der Waals surface area contributed by atoms with Crippen molar-refractivity contribution in [3.8, 4) is 0 Å². The van der Waals surface area contributed by atoms with Gasteiger partial charge >= 0.3 is 12.1 Å². The van der Waals surface area contributed by atoms with Crippen LogP contribution in [0.15, 0.2) is 48.7 Å². The van der Waals surface area contributed by atoms with Gasteiger partial charge in [0, 0.05) is 12.7 Å². The van der Waals surface area contributed by atoms with Crippen LogP contribution >= 0.6 is 11.3 Å². The number of carbonyl (C=O) groups excluding carboxylic acids is 3. The summed E-state index contributed by atoms with van der Waals surface area (Å²) in [5, 5.41) is 14.4. The number of pyridine rings is 1. The lowest BCUT2D eigenvalue weighted by Gasteiger charge is -2.17. The number of benzene rings is 1. The highest BCUT2D eigenvalue weighted by atomic mass is 32.1. The standard InChI is InChI=1S/C21H21N3O6S/c1-29-20(27)16(24-21(28)30-12-13-5-3-2-4-6-13)10-23-19(26)17-9-15-18(31-17)14(11-25)7-8-22-15/h2-9,16,25H,10-12H2,1H3,(H,23,26)(H,24,28)/t16-/m1/s1. The average Bonchev–Trinajstić information content (AvgIpc) is 3.25. The first-order chi connectivity index (χ1) is 15.0. The minimum Gasteiger partial charge on any atom is -0.467 e. The Labute approximate surface area is 182 Å². The molecule has 1 atom stereocenters. The first kappa shape index (κ1) is 22.2. The number of hydrogen-bond donors (Lipinski definition) is 3. The molecule has 2 amide bonds. The van der Waals surface area contributed by atoms with Crippen LogP contribution in [0.1, 0.15) is 20.8 Å². The van der Waals surface area contributed by atoms with Crippen LogP contribution in [0.5, 0.6) is 0 Å². The van der Waals surface area contributed by atoms with E-state index in [9.17, 15) is 19.5 Å². The molecule has 3 aromatic rings. The molecule has 0 bridgehead atoms. The molecule has 0 saturated heterocycles. The van der Waals surface area contributed by atoms with Crippen molar-refractivity contribution in [2.75, 3.05) is 13.7 Å². The second-order valence-electron chi connectivity index (χ2n) is 6.45. The van der Waals surface area contributed by atoms with E-state index in [-0.39, 0.29) is 19.8 Å². The van der Waals surface area contributed by atoms with Gasteiger partial charge in [0.05, 0.1) is 28.8 Å². The Bertz CT molecular complexity index is 1070. The maximum Gasteiger partial charge on any atom is 0.408 e. The molecule has 0 aliphatic rings. The van der Waals surface area contributed by atoms with Crippen molar-refractivity contribution in [3.05, 3.63) is 64.7 Å². The maximum absolute atomic E-state index is 12.5. The van der Waals surface area contributed by atoms with Crippen molar-refractivity contribution in [1.82, 2.24) is 15.6 Å². The number of fused-ring (bicyclic) bond motifs is 1. The fourth-order valence-electron chi connectivity index (χ4n) is 2.75. The van der Waals surface area contributed by atoms with E-state index in [4.69, 9.17) is 9.47 Å². The van der Waals surface area contributed by atoms with Crippen molar-refractivity contribution in [2.45, 2.75) is 19.3 Å². The normalized spacial score (nSPS) is 11.5. The number of rotatable bonds is 8. The van der Waals surface area contributed by atoms with Crippen LogP contribution in [0.4, 0.5) is 4.79 Å². The highest BCUT2D eigenvalue weighted by Crippen LogP contribution is 2.27. The average molecular weight is 443 g/mol. The quantitative estimate of drug-likeness (QED) is 0.454. The van der Waals surface area contributed by atoms with Crippen molar-refractivity contribution >= 4 is 39.5 Å². The number of carbonyl (C=O) groups is 3. The molecule has 3 rings (SSSR count). The number of aliphatic hydroxyl groups is 1. The van der Waals surface area contributed by atoms with Gasteiger partial charge in [-0.1, -0.05) is 30.3 Å². The summed E-state index contributed by atoms with van der Waals surface area (Å²) in [5.41, 5.74) is 2.05. The smallest absolute Gasteiger partial charge is 0.408 e. The molecule has 0 radical (unpaired) electrons. The number of ether oxygens (including phenoxy) is 2. The monoisotopic (exact) mass is 443 g/mol. The molecule has 2 aromatic heterocycles. The lowest BCUT2D eigenvalue weighted by Crippen LogP contribution is -2.49. The summed E-state index contributed by atoms with van der Waals surface area (Å²) in [6.45, 7) is -0.324. The number of aliphatic hydroxyl groups excluding tert-OH is 1. The van der Waals surface area contributed by atoms with Crippen molar-refractivity contribution in [1.29, 1.82) is 0 Å². The van der Waals surface area contributed by atoms with Crippen molar-refractivity contribution in [3.63, 3.8) is 0 Å². The third-order valence-electron chi connectivity index (χ3n) is 4.34. The van der Waals surface area contributed by atoms with E-state index >= 15 is 0 Å². The number of nitrogens with one attached hydrogen (secondary N) is 2. The summed E-state index contributed by atoms with van der Waals surface area (Å²) in [5.74, 6) is -1.17. The minimum absolute atomic E-state index is 0.0366. The lowest BCUT2D eigenvalue weighted by molar-refractivity contribution is -0.142. The Morgan fingerprint density at radius 1 is 1.19 bits per heavy atom. The number of amides is 2. The number of hydrogen-bond acceptors (Lipinski definition) is 8. The molecule has 2 heterocycles. The molecule has 9 nitrogen and oxygen atoms in total. The van der Waals surface area contributed by atoms with Crippen LogP contribution < -0.4 is 10.6 Å². The van der Waals surface area contributed by atoms with Gasteiger partial charge in [-0.25, -0.2) is 9.59 Å². The summed E-state index contributed by atoms with van der Waals surface area (Å²) < 4.78 is 10.5. The molecule has 0 aliphatic carbocycles. The van der Waals surface area contributed by atoms with Crippen LogP contribution in [-0.4, -0.2) is 47.8 Å². The number of alkyl carbamates (subject to hydrolysis) is 1. The van der Waals surface area contributed by atoms with Gasteiger partial charge in [0.25, 0.3) is 5.91 Å². The molecular weight excluding hydrogens is 422 g/mol. The van der Waals surface area contributed by atoms with Crippen LogP contribution in [0.2, 0.25) is 0 Å². The number of aromatic nitrogens is 1. The number of thiophene rings is 1. The van der Waals surface area contributed by atoms with Gasteiger partial charge in [0.1, 0.15) is 12.6 Å². The summed E-state index contributed by atoms with van der Waals surface area (Å²) >= 11 is 1.18. The van der Waals surface area contributed by atoms with Crippen LogP contribution in [0.25, 0.3) is 10.2 Å². The molecule has 3 N–H and O–H groups in total. The Kier molecular flexibility index (Phi) is 7.52. The summed E-state index contributed by atoms with van der Waals surface area (Å²) in [4.78, 5) is 41.2. The van der Waals surface area contributed by atoms with E-state index in [2.05, 4.69) is 15.6 Å². The zero-order valence-electron chi connectivity index (χ0n) is 16.7. The molecule has 31 heavy (non-hydrogen) atoms. The van der Waals surface area contributed by atoms with Crippen molar-refractivity contribution in [2.24, 2.45) is 0 Å². The van der Waals surface area contributed by atoms with E-state index in [1.54, 1.807) is 30.5 Å². The third kappa shape index (κ3) is 5.77. The Balaban J connectivity index is 1.60. The number of nitrogens with zero attached hydrogens (tertiary/aromatic N) is 1. The topological polar surface area (TPSA) is 127 Å². The molecule has 0 saturated carbocycles. The zero-order chi connectivity index (χ0) is 22.2. The molecule has 0 unspecified atom stereocenters. The first-order valence-electron chi connectivity index (χ1n) is 9.33. The van der Waals surface area contributed by atoms with Crippen molar-refractivity contribution < 1.29 is 29.0 Å².